The van der Waals surface area contributed by atoms with Crippen molar-refractivity contribution < 1.29 is 4.79 Å². The first-order valence-electron chi connectivity index (χ1n) is 5.63. The molecule has 0 saturated heterocycles. The monoisotopic (exact) mass is 198 g/mol. The van der Waals surface area contributed by atoms with E-state index >= 15 is 0 Å². The van der Waals surface area contributed by atoms with Crippen molar-refractivity contribution in [3.05, 3.63) is 0 Å². The molecule has 1 amide bonds. The zero-order valence-corrected chi connectivity index (χ0v) is 9.14. The number of rotatable bonds is 6. The Bertz CT molecular complexity index is 188. The molecule has 0 aromatic rings. The fourth-order valence-electron chi connectivity index (χ4n) is 1.79. The minimum Gasteiger partial charge on any atom is -0.356 e. The molecule has 1 saturated carbocycles. The summed E-state index contributed by atoms with van der Waals surface area (Å²) in [6.45, 7) is 3.79. The third-order valence-electron chi connectivity index (χ3n) is 3.13. The third-order valence-corrected chi connectivity index (χ3v) is 3.13. The van der Waals surface area contributed by atoms with Gasteiger partial charge in [-0.25, -0.2) is 0 Å². The lowest BCUT2D eigenvalue weighted by atomic mass is 9.70. The number of unbranched alkanes of at least 4 members (excludes halogenated alkanes) is 1. The molecule has 1 rings (SSSR count). The van der Waals surface area contributed by atoms with Crippen molar-refractivity contribution >= 4 is 5.91 Å². The molecule has 0 heterocycles. The molecule has 0 unspecified atom stereocenters. The van der Waals surface area contributed by atoms with Gasteiger partial charge in [0, 0.05) is 13.0 Å². The van der Waals surface area contributed by atoms with Crippen molar-refractivity contribution in [2.45, 2.75) is 45.4 Å². The summed E-state index contributed by atoms with van der Waals surface area (Å²) in [4.78, 5) is 11.4. The summed E-state index contributed by atoms with van der Waals surface area (Å²) in [5.41, 5.74) is 5.75. The van der Waals surface area contributed by atoms with E-state index in [9.17, 15) is 4.79 Å². The maximum atomic E-state index is 11.4. The number of amides is 1. The molecule has 0 aliphatic heterocycles. The first-order chi connectivity index (χ1) is 6.66. The number of carbonyl (C=O) groups excluding carboxylic acids is 1. The number of nitrogens with two attached hydrogens (primary N) is 1. The molecule has 3 N–H and O–H groups in total. The van der Waals surface area contributed by atoms with Gasteiger partial charge in [-0.05, 0) is 37.6 Å². The van der Waals surface area contributed by atoms with Crippen molar-refractivity contribution in [2.24, 2.45) is 11.1 Å². The molecule has 0 aromatic heterocycles. The van der Waals surface area contributed by atoms with Gasteiger partial charge in [-0.2, -0.15) is 0 Å². The van der Waals surface area contributed by atoms with Crippen molar-refractivity contribution in [3.63, 3.8) is 0 Å². The van der Waals surface area contributed by atoms with Gasteiger partial charge in [0.25, 0.3) is 0 Å². The first-order valence-corrected chi connectivity index (χ1v) is 5.63. The van der Waals surface area contributed by atoms with Crippen LogP contribution in [0.3, 0.4) is 0 Å². The van der Waals surface area contributed by atoms with Crippen LogP contribution in [0.25, 0.3) is 0 Å². The van der Waals surface area contributed by atoms with Crippen molar-refractivity contribution in [3.8, 4) is 0 Å². The molecule has 1 fully saturated rings. The fourth-order valence-corrected chi connectivity index (χ4v) is 1.79. The SMILES string of the molecule is CC1(CNC(=O)CCCCN)CCC1. The van der Waals surface area contributed by atoms with Gasteiger partial charge in [0.05, 0.1) is 0 Å². The first kappa shape index (κ1) is 11.5. The van der Waals surface area contributed by atoms with E-state index in [-0.39, 0.29) is 5.91 Å². The maximum absolute atomic E-state index is 11.4. The largest absolute Gasteiger partial charge is 0.356 e. The molecular formula is C11H22N2O. The number of carbonyl (C=O) groups is 1. The summed E-state index contributed by atoms with van der Waals surface area (Å²) in [5, 5.41) is 3.00. The molecule has 0 spiro atoms. The standard InChI is InChI=1S/C11H22N2O/c1-11(6-4-7-11)9-13-10(14)5-2-3-8-12/h2-9,12H2,1H3,(H,13,14). The summed E-state index contributed by atoms with van der Waals surface area (Å²) in [6.07, 6.45) is 6.34. The highest BCUT2D eigenvalue weighted by Crippen LogP contribution is 2.39. The van der Waals surface area contributed by atoms with Gasteiger partial charge in [-0.15, -0.1) is 0 Å². The highest BCUT2D eigenvalue weighted by Gasteiger charge is 2.31. The lowest BCUT2D eigenvalue weighted by molar-refractivity contribution is -0.122. The smallest absolute Gasteiger partial charge is 0.220 e. The van der Waals surface area contributed by atoms with E-state index in [1.54, 1.807) is 0 Å². The predicted molar refractivity (Wildman–Crippen MR) is 57.9 cm³/mol. The Kier molecular flexibility index (Phi) is 4.39. The zero-order chi connectivity index (χ0) is 10.4. The second kappa shape index (κ2) is 5.35. The average molecular weight is 198 g/mol. The molecule has 0 aromatic carbocycles. The van der Waals surface area contributed by atoms with Gasteiger partial charge >= 0.3 is 0 Å². The van der Waals surface area contributed by atoms with Crippen LogP contribution in [0.5, 0.6) is 0 Å². The molecule has 82 valence electrons. The van der Waals surface area contributed by atoms with Crippen molar-refractivity contribution in [1.29, 1.82) is 0 Å². The molecule has 0 atom stereocenters. The van der Waals surface area contributed by atoms with E-state index < -0.39 is 0 Å². The second-order valence-corrected chi connectivity index (χ2v) is 4.69. The molecule has 1 aliphatic rings. The highest BCUT2D eigenvalue weighted by atomic mass is 16.1. The minimum atomic E-state index is 0.187. The summed E-state index contributed by atoms with van der Waals surface area (Å²) in [6, 6.07) is 0. The van der Waals surface area contributed by atoms with E-state index in [2.05, 4.69) is 12.2 Å². The topological polar surface area (TPSA) is 55.1 Å². The van der Waals surface area contributed by atoms with E-state index in [0.717, 1.165) is 19.4 Å². The lowest BCUT2D eigenvalue weighted by Crippen LogP contribution is -2.39. The molecule has 0 radical (unpaired) electrons. The van der Waals surface area contributed by atoms with Gasteiger partial charge < -0.3 is 11.1 Å². The van der Waals surface area contributed by atoms with Crippen LogP contribution in [0.15, 0.2) is 0 Å². The van der Waals surface area contributed by atoms with Crippen LogP contribution in [0.4, 0.5) is 0 Å². The average Bonchev–Trinajstić information content (AvgIpc) is 2.12. The number of hydrogen-bond donors (Lipinski definition) is 2. The Morgan fingerprint density at radius 2 is 2.14 bits per heavy atom. The Morgan fingerprint density at radius 1 is 1.43 bits per heavy atom. The summed E-state index contributed by atoms with van der Waals surface area (Å²) in [7, 11) is 0. The highest BCUT2D eigenvalue weighted by molar-refractivity contribution is 5.75. The minimum absolute atomic E-state index is 0.187. The molecule has 14 heavy (non-hydrogen) atoms. The van der Waals surface area contributed by atoms with E-state index in [0.29, 0.717) is 18.4 Å². The summed E-state index contributed by atoms with van der Waals surface area (Å²) < 4.78 is 0. The maximum Gasteiger partial charge on any atom is 0.220 e. The van der Waals surface area contributed by atoms with E-state index in [1.165, 1.54) is 19.3 Å². The Hall–Kier alpha value is -0.570. The molecular weight excluding hydrogens is 176 g/mol. The zero-order valence-electron chi connectivity index (χ0n) is 9.14. The van der Waals surface area contributed by atoms with Crippen LogP contribution in [0, 0.1) is 5.41 Å². The lowest BCUT2D eigenvalue weighted by Gasteiger charge is -2.38. The Labute approximate surface area is 86.4 Å². The van der Waals surface area contributed by atoms with Crippen LogP contribution in [0.1, 0.15) is 45.4 Å². The molecule has 1 aliphatic carbocycles. The quantitative estimate of drug-likeness (QED) is 0.634. The van der Waals surface area contributed by atoms with Crippen LogP contribution in [-0.4, -0.2) is 19.0 Å². The van der Waals surface area contributed by atoms with E-state index in [4.69, 9.17) is 5.73 Å². The predicted octanol–water partition coefficient (Wildman–Crippen LogP) is 1.42. The van der Waals surface area contributed by atoms with Crippen molar-refractivity contribution in [2.75, 3.05) is 13.1 Å². The van der Waals surface area contributed by atoms with Gasteiger partial charge in [-0.1, -0.05) is 13.3 Å². The van der Waals surface area contributed by atoms with Crippen molar-refractivity contribution in [1.82, 2.24) is 5.32 Å². The van der Waals surface area contributed by atoms with Crippen LogP contribution < -0.4 is 11.1 Å². The van der Waals surface area contributed by atoms with Gasteiger partial charge in [0.1, 0.15) is 0 Å². The summed E-state index contributed by atoms with van der Waals surface area (Å²) >= 11 is 0. The van der Waals surface area contributed by atoms with Crippen LogP contribution in [-0.2, 0) is 4.79 Å². The fraction of sp³-hybridized carbons (Fsp3) is 0.909. The summed E-state index contributed by atoms with van der Waals surface area (Å²) in [5.74, 6) is 0.187. The Balaban J connectivity index is 2.03. The number of nitrogens with one attached hydrogen (secondary N) is 1. The van der Waals surface area contributed by atoms with E-state index in [1.807, 2.05) is 0 Å². The third kappa shape index (κ3) is 3.66. The Morgan fingerprint density at radius 3 is 2.64 bits per heavy atom. The van der Waals surface area contributed by atoms with Crippen LogP contribution in [0.2, 0.25) is 0 Å². The number of hydrogen-bond acceptors (Lipinski definition) is 2. The van der Waals surface area contributed by atoms with Gasteiger partial charge in [-0.3, -0.25) is 4.79 Å². The van der Waals surface area contributed by atoms with Gasteiger partial charge in [0.15, 0.2) is 0 Å². The second-order valence-electron chi connectivity index (χ2n) is 4.69. The molecule has 3 nitrogen and oxygen atoms in total. The van der Waals surface area contributed by atoms with Crippen LogP contribution >= 0.6 is 0 Å². The van der Waals surface area contributed by atoms with Gasteiger partial charge in [0.2, 0.25) is 5.91 Å². The normalized spacial score (nSPS) is 18.7. The molecule has 3 heteroatoms. The molecule has 0 bridgehead atoms.